The van der Waals surface area contributed by atoms with E-state index in [0.717, 1.165) is 18.4 Å². The minimum absolute atomic E-state index is 0.199. The lowest BCUT2D eigenvalue weighted by Gasteiger charge is -2.32. The van der Waals surface area contributed by atoms with E-state index in [9.17, 15) is 4.79 Å². The summed E-state index contributed by atoms with van der Waals surface area (Å²) in [5, 5.41) is 3.48. The van der Waals surface area contributed by atoms with Crippen molar-refractivity contribution in [3.63, 3.8) is 0 Å². The molecule has 18 heavy (non-hydrogen) atoms. The molecule has 0 radical (unpaired) electrons. The summed E-state index contributed by atoms with van der Waals surface area (Å²) in [4.78, 5) is 12.3. The molecule has 0 amide bonds. The van der Waals surface area contributed by atoms with E-state index in [1.165, 1.54) is 7.11 Å². The van der Waals surface area contributed by atoms with Gasteiger partial charge in [0.05, 0.1) is 7.11 Å². The third kappa shape index (κ3) is 2.70. The van der Waals surface area contributed by atoms with Crippen molar-refractivity contribution in [2.45, 2.75) is 24.4 Å². The van der Waals surface area contributed by atoms with E-state index in [1.807, 2.05) is 36.6 Å². The molecule has 0 spiro atoms. The average Bonchev–Trinajstić information content (AvgIpc) is 3.22. The molecule has 1 aliphatic rings. The predicted octanol–water partition coefficient (Wildman–Crippen LogP) is 2.17. The predicted molar refractivity (Wildman–Crippen MR) is 74.7 cm³/mol. The van der Waals surface area contributed by atoms with Gasteiger partial charge < -0.3 is 4.74 Å². The Morgan fingerprint density at radius 2 is 2.11 bits per heavy atom. The smallest absolute Gasteiger partial charge is 0.331 e. The molecule has 0 aliphatic heterocycles. The molecule has 1 atom stereocenters. The lowest BCUT2D eigenvalue weighted by Crippen LogP contribution is -2.53. The number of ether oxygens (including phenoxy) is 1. The second-order valence-electron chi connectivity index (χ2n) is 4.61. The van der Waals surface area contributed by atoms with Crippen LogP contribution in [0.4, 0.5) is 0 Å². The van der Waals surface area contributed by atoms with Crippen LogP contribution in [0.2, 0.25) is 0 Å². The number of carbonyl (C=O) groups excluding carboxylic acids is 1. The molecule has 0 bridgehead atoms. The third-order valence-electron chi connectivity index (χ3n) is 3.19. The van der Waals surface area contributed by atoms with Gasteiger partial charge in [-0.2, -0.15) is 11.8 Å². The van der Waals surface area contributed by atoms with Crippen LogP contribution in [0.3, 0.4) is 0 Å². The van der Waals surface area contributed by atoms with Gasteiger partial charge in [-0.25, -0.2) is 4.79 Å². The minimum Gasteiger partial charge on any atom is -0.467 e. The summed E-state index contributed by atoms with van der Waals surface area (Å²) in [6, 6.07) is 10.3. The van der Waals surface area contributed by atoms with E-state index in [1.54, 1.807) is 11.8 Å². The van der Waals surface area contributed by atoms with Gasteiger partial charge in [-0.3, -0.25) is 5.32 Å². The SMILES string of the molecule is COC(=O)C(CSC)(NC1CC1)c1ccccc1. The number of nitrogens with one attached hydrogen (secondary N) is 1. The quantitative estimate of drug-likeness (QED) is 0.800. The van der Waals surface area contributed by atoms with E-state index in [4.69, 9.17) is 4.74 Å². The van der Waals surface area contributed by atoms with Crippen LogP contribution in [0.1, 0.15) is 18.4 Å². The largest absolute Gasteiger partial charge is 0.467 e. The van der Waals surface area contributed by atoms with Crippen LogP contribution < -0.4 is 5.32 Å². The number of esters is 1. The van der Waals surface area contributed by atoms with Crippen molar-refractivity contribution in [1.82, 2.24) is 5.32 Å². The van der Waals surface area contributed by atoms with Gasteiger partial charge in [0, 0.05) is 11.8 Å². The zero-order valence-electron chi connectivity index (χ0n) is 10.8. The van der Waals surface area contributed by atoms with Gasteiger partial charge in [-0.15, -0.1) is 0 Å². The Labute approximate surface area is 112 Å². The first kappa shape index (κ1) is 13.4. The minimum atomic E-state index is -0.712. The molecule has 1 aromatic carbocycles. The standard InChI is InChI=1S/C14H19NO2S/c1-17-13(16)14(10-18-2,15-12-8-9-12)11-6-4-3-5-7-11/h3-7,12,15H,8-10H2,1-2H3. The van der Waals surface area contributed by atoms with Crippen LogP contribution >= 0.6 is 11.8 Å². The molecule has 98 valence electrons. The molecule has 3 nitrogen and oxygen atoms in total. The summed E-state index contributed by atoms with van der Waals surface area (Å²) < 4.78 is 5.04. The van der Waals surface area contributed by atoms with Crippen molar-refractivity contribution in [1.29, 1.82) is 0 Å². The van der Waals surface area contributed by atoms with Gasteiger partial charge in [0.1, 0.15) is 0 Å². The highest BCUT2D eigenvalue weighted by molar-refractivity contribution is 7.98. The number of thioether (sulfide) groups is 1. The fourth-order valence-corrected chi connectivity index (χ4v) is 2.93. The zero-order chi connectivity index (χ0) is 13.0. The highest BCUT2D eigenvalue weighted by Gasteiger charge is 2.44. The number of rotatable bonds is 6. The number of hydrogen-bond acceptors (Lipinski definition) is 4. The average molecular weight is 265 g/mol. The molecule has 1 aromatic rings. The van der Waals surface area contributed by atoms with E-state index < -0.39 is 5.54 Å². The normalized spacial score (nSPS) is 18.1. The number of hydrogen-bond donors (Lipinski definition) is 1. The van der Waals surface area contributed by atoms with Crippen molar-refractivity contribution < 1.29 is 9.53 Å². The maximum absolute atomic E-state index is 12.3. The second-order valence-corrected chi connectivity index (χ2v) is 5.48. The van der Waals surface area contributed by atoms with Gasteiger partial charge in [0.15, 0.2) is 5.54 Å². The molecule has 4 heteroatoms. The first-order chi connectivity index (χ1) is 8.73. The zero-order valence-corrected chi connectivity index (χ0v) is 11.6. The molecular weight excluding hydrogens is 246 g/mol. The summed E-state index contributed by atoms with van der Waals surface area (Å²) >= 11 is 1.65. The maximum Gasteiger partial charge on any atom is 0.331 e. The van der Waals surface area contributed by atoms with Crippen molar-refractivity contribution in [2.24, 2.45) is 0 Å². The summed E-state index contributed by atoms with van der Waals surface area (Å²) in [5.74, 6) is 0.482. The van der Waals surface area contributed by atoms with Gasteiger partial charge in [-0.05, 0) is 24.7 Å². The second kappa shape index (κ2) is 5.76. The molecule has 1 saturated carbocycles. The summed E-state index contributed by atoms with van der Waals surface area (Å²) in [6.45, 7) is 0. The Morgan fingerprint density at radius 3 is 2.61 bits per heavy atom. The Balaban J connectivity index is 2.37. The van der Waals surface area contributed by atoms with Crippen molar-refractivity contribution in [3.8, 4) is 0 Å². The van der Waals surface area contributed by atoms with Crippen LogP contribution in [-0.2, 0) is 15.1 Å². The number of carbonyl (C=O) groups is 1. The summed E-state index contributed by atoms with van der Waals surface area (Å²) in [6.07, 6.45) is 4.29. The Bertz CT molecular complexity index is 406. The molecule has 1 N–H and O–H groups in total. The molecule has 0 saturated heterocycles. The fraction of sp³-hybridized carbons (Fsp3) is 0.500. The van der Waals surface area contributed by atoms with Gasteiger partial charge in [0.25, 0.3) is 0 Å². The first-order valence-corrected chi connectivity index (χ1v) is 7.53. The highest BCUT2D eigenvalue weighted by Crippen LogP contribution is 2.32. The van der Waals surface area contributed by atoms with Crippen molar-refractivity contribution >= 4 is 17.7 Å². The summed E-state index contributed by atoms with van der Waals surface area (Å²) in [7, 11) is 1.45. The van der Waals surface area contributed by atoms with E-state index in [0.29, 0.717) is 11.8 Å². The van der Waals surface area contributed by atoms with Crippen LogP contribution in [0.25, 0.3) is 0 Å². The Kier molecular flexibility index (Phi) is 4.30. The molecular formula is C14H19NO2S. The molecule has 1 fully saturated rings. The Morgan fingerprint density at radius 1 is 1.44 bits per heavy atom. The van der Waals surface area contributed by atoms with Crippen LogP contribution in [0.15, 0.2) is 30.3 Å². The monoisotopic (exact) mass is 265 g/mol. The van der Waals surface area contributed by atoms with E-state index in [2.05, 4.69) is 5.32 Å². The fourth-order valence-electron chi connectivity index (χ4n) is 2.13. The lowest BCUT2D eigenvalue weighted by atomic mass is 9.91. The lowest BCUT2D eigenvalue weighted by molar-refractivity contribution is -0.148. The van der Waals surface area contributed by atoms with Crippen LogP contribution in [0.5, 0.6) is 0 Å². The van der Waals surface area contributed by atoms with Crippen molar-refractivity contribution in [2.75, 3.05) is 19.1 Å². The summed E-state index contributed by atoms with van der Waals surface area (Å²) in [5.41, 5.74) is 0.273. The topological polar surface area (TPSA) is 38.3 Å². The van der Waals surface area contributed by atoms with Gasteiger partial charge in [0.2, 0.25) is 0 Å². The third-order valence-corrected chi connectivity index (χ3v) is 3.91. The molecule has 0 heterocycles. The number of benzene rings is 1. The van der Waals surface area contributed by atoms with Crippen molar-refractivity contribution in [3.05, 3.63) is 35.9 Å². The van der Waals surface area contributed by atoms with Gasteiger partial charge >= 0.3 is 5.97 Å². The van der Waals surface area contributed by atoms with Crippen LogP contribution in [-0.4, -0.2) is 31.1 Å². The molecule has 2 rings (SSSR count). The maximum atomic E-state index is 12.3. The Hall–Kier alpha value is -1.00. The van der Waals surface area contributed by atoms with E-state index >= 15 is 0 Å². The highest BCUT2D eigenvalue weighted by atomic mass is 32.2. The molecule has 1 aliphatic carbocycles. The first-order valence-electron chi connectivity index (χ1n) is 6.13. The van der Waals surface area contributed by atoms with Gasteiger partial charge in [-0.1, -0.05) is 30.3 Å². The van der Waals surface area contributed by atoms with E-state index in [-0.39, 0.29) is 5.97 Å². The van der Waals surface area contributed by atoms with Crippen LogP contribution in [0, 0.1) is 0 Å². The number of methoxy groups -OCH3 is 1. The molecule has 1 unspecified atom stereocenters. The molecule has 0 aromatic heterocycles.